The summed E-state index contributed by atoms with van der Waals surface area (Å²) in [5.74, 6) is 2.16. The molecule has 2 fully saturated rings. The zero-order chi connectivity index (χ0) is 9.71. The van der Waals surface area contributed by atoms with Gasteiger partial charge in [-0.3, -0.25) is 4.68 Å². The lowest BCUT2D eigenvalue weighted by atomic mass is 10.0. The summed E-state index contributed by atoms with van der Waals surface area (Å²) in [5.41, 5.74) is 0.993. The summed E-state index contributed by atoms with van der Waals surface area (Å²) in [5, 5.41) is 14.2. The molecule has 2 aliphatic rings. The summed E-state index contributed by atoms with van der Waals surface area (Å²) >= 11 is 0. The zero-order valence-corrected chi connectivity index (χ0v) is 8.43. The number of aliphatic hydroxyl groups is 1. The Morgan fingerprint density at radius 3 is 2.79 bits per heavy atom. The van der Waals surface area contributed by atoms with Gasteiger partial charge in [0.1, 0.15) is 0 Å². The molecule has 0 saturated heterocycles. The van der Waals surface area contributed by atoms with E-state index in [0.29, 0.717) is 5.92 Å². The molecule has 3 unspecified atom stereocenters. The highest BCUT2D eigenvalue weighted by Gasteiger charge is 2.56. The average molecular weight is 192 g/mol. The molecule has 76 valence electrons. The van der Waals surface area contributed by atoms with Gasteiger partial charge >= 0.3 is 0 Å². The molecule has 0 aromatic carbocycles. The SMILES string of the molecule is Cn1cc(C(O)C2C3CCCC32)cn1. The van der Waals surface area contributed by atoms with Gasteiger partial charge in [0, 0.05) is 18.8 Å². The molecule has 0 radical (unpaired) electrons. The van der Waals surface area contributed by atoms with Crippen molar-refractivity contribution < 1.29 is 5.11 Å². The fraction of sp³-hybridized carbons (Fsp3) is 0.727. The number of aromatic nitrogens is 2. The molecule has 1 heterocycles. The molecule has 3 atom stereocenters. The molecule has 14 heavy (non-hydrogen) atoms. The predicted octanol–water partition coefficient (Wildman–Crippen LogP) is 1.50. The van der Waals surface area contributed by atoms with E-state index in [1.54, 1.807) is 10.9 Å². The summed E-state index contributed by atoms with van der Waals surface area (Å²) in [6.45, 7) is 0. The van der Waals surface area contributed by atoms with Crippen LogP contribution in [0.3, 0.4) is 0 Å². The minimum atomic E-state index is -0.265. The molecule has 3 heteroatoms. The Morgan fingerprint density at radius 2 is 2.21 bits per heavy atom. The summed E-state index contributed by atoms with van der Waals surface area (Å²) in [7, 11) is 1.89. The van der Waals surface area contributed by atoms with Crippen molar-refractivity contribution in [1.29, 1.82) is 0 Å². The average Bonchev–Trinajstić information content (AvgIpc) is 2.56. The first-order valence-corrected chi connectivity index (χ1v) is 5.44. The minimum Gasteiger partial charge on any atom is -0.388 e. The smallest absolute Gasteiger partial charge is 0.0854 e. The van der Waals surface area contributed by atoms with Gasteiger partial charge in [0.25, 0.3) is 0 Å². The van der Waals surface area contributed by atoms with Gasteiger partial charge in [-0.05, 0) is 30.6 Å². The Morgan fingerprint density at radius 1 is 1.50 bits per heavy atom. The quantitative estimate of drug-likeness (QED) is 0.771. The van der Waals surface area contributed by atoms with Crippen molar-refractivity contribution in [3.63, 3.8) is 0 Å². The Bertz CT molecular complexity index is 337. The highest BCUT2D eigenvalue weighted by molar-refractivity contribution is 5.16. The van der Waals surface area contributed by atoms with Gasteiger partial charge in [0.05, 0.1) is 12.3 Å². The normalized spacial score (nSPS) is 36.9. The Hall–Kier alpha value is -0.830. The van der Waals surface area contributed by atoms with Crippen LogP contribution in [-0.2, 0) is 7.05 Å². The highest BCUT2D eigenvalue weighted by Crippen LogP contribution is 2.62. The van der Waals surface area contributed by atoms with Crippen LogP contribution in [0.15, 0.2) is 12.4 Å². The Kier molecular flexibility index (Phi) is 1.71. The number of fused-ring (bicyclic) bond motifs is 1. The van der Waals surface area contributed by atoms with Gasteiger partial charge in [0.2, 0.25) is 0 Å². The van der Waals surface area contributed by atoms with Gasteiger partial charge in [-0.15, -0.1) is 0 Å². The monoisotopic (exact) mass is 192 g/mol. The molecule has 0 amide bonds. The molecular formula is C11H16N2O. The van der Waals surface area contributed by atoms with Crippen LogP contribution in [0.25, 0.3) is 0 Å². The lowest BCUT2D eigenvalue weighted by Gasteiger charge is -2.09. The lowest BCUT2D eigenvalue weighted by molar-refractivity contribution is 0.137. The summed E-state index contributed by atoms with van der Waals surface area (Å²) in [4.78, 5) is 0. The first-order valence-electron chi connectivity index (χ1n) is 5.44. The lowest BCUT2D eigenvalue weighted by Crippen LogP contribution is -2.03. The second-order valence-corrected chi connectivity index (χ2v) is 4.73. The number of aliphatic hydroxyl groups excluding tert-OH is 1. The minimum absolute atomic E-state index is 0.265. The molecule has 2 saturated carbocycles. The highest BCUT2D eigenvalue weighted by atomic mass is 16.3. The van der Waals surface area contributed by atoms with Crippen LogP contribution in [0.5, 0.6) is 0 Å². The largest absolute Gasteiger partial charge is 0.388 e. The second-order valence-electron chi connectivity index (χ2n) is 4.73. The third-order valence-corrected chi connectivity index (χ3v) is 3.90. The topological polar surface area (TPSA) is 38.0 Å². The molecule has 0 aliphatic heterocycles. The number of aryl methyl sites for hydroxylation is 1. The van der Waals surface area contributed by atoms with E-state index in [1.165, 1.54) is 19.3 Å². The van der Waals surface area contributed by atoms with E-state index in [4.69, 9.17) is 0 Å². The van der Waals surface area contributed by atoms with E-state index in [1.807, 2.05) is 13.2 Å². The van der Waals surface area contributed by atoms with E-state index < -0.39 is 0 Å². The van der Waals surface area contributed by atoms with Crippen LogP contribution in [0.2, 0.25) is 0 Å². The van der Waals surface area contributed by atoms with E-state index in [2.05, 4.69) is 5.10 Å². The molecule has 1 aromatic heterocycles. The molecule has 1 N–H and O–H groups in total. The van der Waals surface area contributed by atoms with Crippen LogP contribution in [0, 0.1) is 17.8 Å². The molecule has 3 rings (SSSR count). The van der Waals surface area contributed by atoms with Crippen LogP contribution >= 0.6 is 0 Å². The molecule has 0 spiro atoms. The maximum atomic E-state index is 10.1. The van der Waals surface area contributed by atoms with Crippen LogP contribution < -0.4 is 0 Å². The Balaban J connectivity index is 1.75. The number of rotatable bonds is 2. The predicted molar refractivity (Wildman–Crippen MR) is 52.5 cm³/mol. The van der Waals surface area contributed by atoms with Gasteiger partial charge in [-0.2, -0.15) is 5.10 Å². The maximum absolute atomic E-state index is 10.1. The number of hydrogen-bond acceptors (Lipinski definition) is 2. The van der Waals surface area contributed by atoms with Gasteiger partial charge in [-0.25, -0.2) is 0 Å². The van der Waals surface area contributed by atoms with Crippen molar-refractivity contribution in [3.05, 3.63) is 18.0 Å². The summed E-state index contributed by atoms with van der Waals surface area (Å²) in [6.07, 6.45) is 7.47. The van der Waals surface area contributed by atoms with Crippen molar-refractivity contribution in [2.24, 2.45) is 24.8 Å². The zero-order valence-electron chi connectivity index (χ0n) is 8.43. The summed E-state index contributed by atoms with van der Waals surface area (Å²) < 4.78 is 1.76. The first-order chi connectivity index (χ1) is 6.77. The fourth-order valence-corrected chi connectivity index (χ4v) is 3.16. The van der Waals surface area contributed by atoms with E-state index in [9.17, 15) is 5.11 Å². The van der Waals surface area contributed by atoms with Gasteiger partial charge < -0.3 is 5.11 Å². The molecule has 3 nitrogen and oxygen atoms in total. The van der Waals surface area contributed by atoms with E-state index in [-0.39, 0.29) is 6.10 Å². The number of nitrogens with zero attached hydrogens (tertiary/aromatic N) is 2. The molecule has 1 aromatic rings. The summed E-state index contributed by atoms with van der Waals surface area (Å²) in [6, 6.07) is 0. The Labute approximate surface area is 83.7 Å². The van der Waals surface area contributed by atoms with Gasteiger partial charge in [-0.1, -0.05) is 6.42 Å². The van der Waals surface area contributed by atoms with Crippen LogP contribution in [-0.4, -0.2) is 14.9 Å². The van der Waals surface area contributed by atoms with Gasteiger partial charge in [0.15, 0.2) is 0 Å². The number of hydrogen-bond donors (Lipinski definition) is 1. The van der Waals surface area contributed by atoms with E-state index >= 15 is 0 Å². The first kappa shape index (κ1) is 8.48. The fourth-order valence-electron chi connectivity index (χ4n) is 3.16. The van der Waals surface area contributed by atoms with Crippen molar-refractivity contribution in [1.82, 2.24) is 9.78 Å². The molecule has 2 aliphatic carbocycles. The second kappa shape index (κ2) is 2.83. The molecular weight excluding hydrogens is 176 g/mol. The third kappa shape index (κ3) is 1.12. The maximum Gasteiger partial charge on any atom is 0.0854 e. The van der Waals surface area contributed by atoms with Crippen molar-refractivity contribution in [3.8, 4) is 0 Å². The van der Waals surface area contributed by atoms with Crippen molar-refractivity contribution in [2.45, 2.75) is 25.4 Å². The van der Waals surface area contributed by atoms with Crippen LogP contribution in [0.4, 0.5) is 0 Å². The van der Waals surface area contributed by atoms with Crippen molar-refractivity contribution >= 4 is 0 Å². The standard InChI is InChI=1S/C11H16N2O/c1-13-6-7(5-12-13)11(14)10-8-3-2-4-9(8)10/h5-6,8-11,14H,2-4H2,1H3. The van der Waals surface area contributed by atoms with Crippen LogP contribution in [0.1, 0.15) is 30.9 Å². The molecule has 0 bridgehead atoms. The van der Waals surface area contributed by atoms with E-state index in [0.717, 1.165) is 17.4 Å². The van der Waals surface area contributed by atoms with Crippen molar-refractivity contribution in [2.75, 3.05) is 0 Å². The third-order valence-electron chi connectivity index (χ3n) is 3.90.